The molecule has 0 spiro atoms. The van der Waals surface area contributed by atoms with Crippen molar-refractivity contribution >= 4 is 29.2 Å². The number of nitrogens with two attached hydrogens (primary N) is 1. The number of unbranched alkanes of at least 4 members (excludes halogenated alkanes) is 10. The van der Waals surface area contributed by atoms with Gasteiger partial charge in [-0.05, 0) is 0 Å². The summed E-state index contributed by atoms with van der Waals surface area (Å²) in [6, 6.07) is 0. The van der Waals surface area contributed by atoms with E-state index in [1.54, 1.807) is 0 Å². The molecule has 136 valence electrons. The Kier molecular flexibility index (Phi) is 52.2. The van der Waals surface area contributed by atoms with Crippen LogP contribution >= 0.6 is 12.2 Å². The zero-order valence-corrected chi connectivity index (χ0v) is 18.2. The van der Waals surface area contributed by atoms with Gasteiger partial charge in [0.05, 0.1) is 0 Å². The van der Waals surface area contributed by atoms with E-state index >= 15 is 0 Å². The second-order valence-electron chi connectivity index (χ2n) is 4.85. The van der Waals surface area contributed by atoms with Crippen molar-refractivity contribution in [1.82, 2.24) is 0 Å². The molecule has 0 aliphatic carbocycles. The molecule has 0 bridgehead atoms. The van der Waals surface area contributed by atoms with E-state index in [-0.39, 0.29) is 4.32 Å². The van der Waals surface area contributed by atoms with Gasteiger partial charge in [-0.15, -0.1) is 0 Å². The summed E-state index contributed by atoms with van der Waals surface area (Å²) < 4.78 is 8.34. The van der Waals surface area contributed by atoms with Crippen LogP contribution in [0.5, 0.6) is 0 Å². The summed E-state index contributed by atoms with van der Waals surface area (Å²) in [5.41, 5.74) is 4.66. The van der Waals surface area contributed by atoms with E-state index in [1.807, 2.05) is 0 Å². The SMILES string of the molecule is NC(=S)[S-].[CH2-]CCCCCCC.[CH2-]CCCCCCC.[O]=[Mo]. The maximum atomic E-state index is 8.26. The van der Waals surface area contributed by atoms with E-state index in [0.717, 1.165) is 12.8 Å². The van der Waals surface area contributed by atoms with Gasteiger partial charge < -0.3 is 44.4 Å². The molecule has 0 aliphatic rings. The first-order valence-electron chi connectivity index (χ1n) is 8.28. The van der Waals surface area contributed by atoms with E-state index in [4.69, 9.17) is 3.40 Å². The fourth-order valence-electron chi connectivity index (χ4n) is 1.56. The van der Waals surface area contributed by atoms with Gasteiger partial charge in [0.25, 0.3) is 0 Å². The Bertz CT molecular complexity index is 156. The summed E-state index contributed by atoms with van der Waals surface area (Å²) in [6.45, 7) is 12.0. The van der Waals surface area contributed by atoms with Crippen LogP contribution in [0.4, 0.5) is 0 Å². The van der Waals surface area contributed by atoms with E-state index < -0.39 is 0 Å². The molecule has 0 unspecified atom stereocenters. The van der Waals surface area contributed by atoms with Gasteiger partial charge in [-0.3, -0.25) is 0 Å². The standard InChI is InChI=1S/2C8H17.CH3NS2.Mo.O/c2*1-3-5-7-8-6-4-2;2-1(3)4;;/h2*1,3-8H2,2H3;(H3,2,3,4);;/q2*-1;;;/p-1. The normalized spacial score (nSPS) is 8.36. The van der Waals surface area contributed by atoms with Crippen LogP contribution in [0.3, 0.4) is 0 Å². The molecule has 2 N–H and O–H groups in total. The zero-order chi connectivity index (χ0) is 18.1. The Balaban J connectivity index is -0.000000109. The molecule has 0 atom stereocenters. The van der Waals surface area contributed by atoms with Crippen molar-refractivity contribution in [2.75, 3.05) is 0 Å². The molecule has 0 saturated heterocycles. The Morgan fingerprint density at radius 2 is 1.09 bits per heavy atom. The van der Waals surface area contributed by atoms with Crippen molar-refractivity contribution in [2.24, 2.45) is 5.73 Å². The molecule has 0 amide bonds. The Labute approximate surface area is 162 Å². The van der Waals surface area contributed by atoms with Crippen molar-refractivity contribution in [2.45, 2.75) is 90.9 Å². The minimum absolute atomic E-state index is 0.0833. The maximum absolute atomic E-state index is 8.26. The molecule has 5 heteroatoms. The molecule has 0 aliphatic heterocycles. The Morgan fingerprint density at radius 1 is 0.864 bits per heavy atom. The summed E-state index contributed by atoms with van der Waals surface area (Å²) >= 11 is 8.96. The fraction of sp³-hybridized carbons (Fsp3) is 0.824. The van der Waals surface area contributed by atoms with Crippen LogP contribution in [-0.2, 0) is 35.8 Å². The minimum atomic E-state index is 0.0833. The van der Waals surface area contributed by atoms with Crippen LogP contribution in [0.15, 0.2) is 0 Å². The zero-order valence-electron chi connectivity index (χ0n) is 14.6. The van der Waals surface area contributed by atoms with E-state index in [0.29, 0.717) is 19.8 Å². The van der Waals surface area contributed by atoms with Crippen molar-refractivity contribution in [3.63, 3.8) is 0 Å². The van der Waals surface area contributed by atoms with E-state index in [1.165, 1.54) is 64.2 Å². The fourth-order valence-corrected chi connectivity index (χ4v) is 1.56. The second-order valence-corrected chi connectivity index (χ2v) is 5.99. The molecule has 22 heavy (non-hydrogen) atoms. The molecule has 0 saturated carbocycles. The van der Waals surface area contributed by atoms with Gasteiger partial charge >= 0.3 is 23.2 Å². The molecule has 0 aromatic carbocycles. The average molecular weight is 431 g/mol. The van der Waals surface area contributed by atoms with Crippen LogP contribution in [-0.4, -0.2) is 4.32 Å². The van der Waals surface area contributed by atoms with Crippen molar-refractivity contribution < 1.29 is 23.2 Å². The summed E-state index contributed by atoms with van der Waals surface area (Å²) in [4.78, 5) is 0. The predicted molar refractivity (Wildman–Crippen MR) is 102 cm³/mol. The van der Waals surface area contributed by atoms with Gasteiger partial charge in [0, 0.05) is 0 Å². The van der Waals surface area contributed by atoms with E-state index in [9.17, 15) is 0 Å². The first-order chi connectivity index (χ1) is 10.6. The molecule has 0 aromatic rings. The van der Waals surface area contributed by atoms with Crippen LogP contribution in [0, 0.1) is 13.8 Å². The van der Waals surface area contributed by atoms with Crippen molar-refractivity contribution in [3.05, 3.63) is 13.8 Å². The molecule has 2 nitrogen and oxygen atoms in total. The van der Waals surface area contributed by atoms with Gasteiger partial charge in [0.15, 0.2) is 0 Å². The molecule has 0 rings (SSSR count). The van der Waals surface area contributed by atoms with Crippen LogP contribution in [0.25, 0.3) is 0 Å². The van der Waals surface area contributed by atoms with Gasteiger partial charge in [0.2, 0.25) is 0 Å². The average Bonchev–Trinajstić information content (AvgIpc) is 2.50. The molecular formula is C17H36MoNOS2-3. The van der Waals surface area contributed by atoms with Crippen LogP contribution in [0.2, 0.25) is 0 Å². The second kappa shape index (κ2) is 37.7. The van der Waals surface area contributed by atoms with Gasteiger partial charge in [0.1, 0.15) is 0 Å². The molecule has 0 fully saturated rings. The Hall–Kier alpha value is 0.598. The molecule has 0 radical (unpaired) electrons. The van der Waals surface area contributed by atoms with Gasteiger partial charge in [-0.1, -0.05) is 82.4 Å². The van der Waals surface area contributed by atoms with Gasteiger partial charge in [-0.25, -0.2) is 0 Å². The quantitative estimate of drug-likeness (QED) is 0.151. The monoisotopic (exact) mass is 432 g/mol. The predicted octanol–water partition coefficient (Wildman–Crippen LogP) is 6.02. The van der Waals surface area contributed by atoms with Crippen molar-refractivity contribution in [1.29, 1.82) is 0 Å². The Morgan fingerprint density at radius 3 is 1.27 bits per heavy atom. The van der Waals surface area contributed by atoms with Gasteiger partial charge in [-0.2, -0.15) is 12.8 Å². The first-order valence-corrected chi connectivity index (χ1v) is 9.91. The summed E-state index contributed by atoms with van der Waals surface area (Å²) in [7, 11) is 0. The van der Waals surface area contributed by atoms with E-state index in [2.05, 4.69) is 58.3 Å². The van der Waals surface area contributed by atoms with Crippen LogP contribution < -0.4 is 5.73 Å². The molecule has 0 heterocycles. The number of hydrogen-bond donors (Lipinski definition) is 1. The number of rotatable bonds is 10. The number of thiocarbonyl (C=S) groups is 1. The summed E-state index contributed by atoms with van der Waals surface area (Å²) in [5.74, 6) is 0. The topological polar surface area (TPSA) is 43.1 Å². The van der Waals surface area contributed by atoms with Crippen molar-refractivity contribution in [3.8, 4) is 0 Å². The molecular weight excluding hydrogens is 394 g/mol. The summed E-state index contributed by atoms with van der Waals surface area (Å²) in [6.07, 6.45) is 16.0. The summed E-state index contributed by atoms with van der Waals surface area (Å²) in [5, 5.41) is 0. The third-order valence-electron chi connectivity index (χ3n) is 2.71. The third-order valence-corrected chi connectivity index (χ3v) is 2.71. The third kappa shape index (κ3) is 70.4. The number of hydrogen-bond acceptors (Lipinski definition) is 3. The molecule has 0 aromatic heterocycles. The first kappa shape index (κ1) is 30.5. The van der Waals surface area contributed by atoms with Crippen LogP contribution in [0.1, 0.15) is 90.9 Å².